The lowest BCUT2D eigenvalue weighted by Gasteiger charge is -2.22. The van der Waals surface area contributed by atoms with Crippen molar-refractivity contribution in [2.45, 2.75) is 12.5 Å². The molecule has 1 aromatic rings. The zero-order valence-corrected chi connectivity index (χ0v) is 13.7. The second-order valence-electron chi connectivity index (χ2n) is 4.74. The summed E-state index contributed by atoms with van der Waals surface area (Å²) < 4.78 is 5.18. The topological polar surface area (TPSA) is 58.6 Å². The molecule has 0 heterocycles. The minimum atomic E-state index is -0.523. The number of carbonyl (C=O) groups excluding carboxylic acids is 2. The molecule has 1 rings (SSSR count). The molecule has 0 aliphatic carbocycles. The molecule has 0 saturated carbocycles. The third kappa shape index (κ3) is 4.97. The van der Waals surface area contributed by atoms with E-state index >= 15 is 0 Å². The van der Waals surface area contributed by atoms with Crippen LogP contribution in [0.3, 0.4) is 0 Å². The zero-order valence-electron chi connectivity index (χ0n) is 12.9. The van der Waals surface area contributed by atoms with Gasteiger partial charge in [-0.3, -0.25) is 9.59 Å². The number of para-hydroxylation sites is 1. The van der Waals surface area contributed by atoms with E-state index in [4.69, 9.17) is 4.74 Å². The fourth-order valence-electron chi connectivity index (χ4n) is 1.87. The minimum Gasteiger partial charge on any atom is -0.496 e. The molecule has 0 aromatic heterocycles. The Morgan fingerprint density at radius 1 is 1.33 bits per heavy atom. The number of hydrogen-bond acceptors (Lipinski definition) is 4. The molecule has 0 saturated heterocycles. The van der Waals surface area contributed by atoms with Crippen LogP contribution in [0.15, 0.2) is 24.3 Å². The quantitative estimate of drug-likeness (QED) is 0.832. The lowest BCUT2D eigenvalue weighted by atomic mass is 10.1. The third-order valence-electron chi connectivity index (χ3n) is 3.01. The molecule has 2 amide bonds. The summed E-state index contributed by atoms with van der Waals surface area (Å²) in [6.45, 7) is 0. The molecule has 0 spiro atoms. The van der Waals surface area contributed by atoms with Gasteiger partial charge in [-0.2, -0.15) is 11.8 Å². The Labute approximate surface area is 130 Å². The SMILES string of the molecule is COc1ccccc1C(=O)NC(CCSC)C(=O)N(C)C. The Morgan fingerprint density at radius 3 is 2.57 bits per heavy atom. The van der Waals surface area contributed by atoms with Crippen LogP contribution in [0.5, 0.6) is 5.75 Å². The highest BCUT2D eigenvalue weighted by molar-refractivity contribution is 7.98. The van der Waals surface area contributed by atoms with Gasteiger partial charge in [0.1, 0.15) is 11.8 Å². The fraction of sp³-hybridized carbons (Fsp3) is 0.467. The largest absolute Gasteiger partial charge is 0.496 e. The van der Waals surface area contributed by atoms with Crippen LogP contribution in [-0.4, -0.2) is 56.0 Å². The molecule has 116 valence electrons. The monoisotopic (exact) mass is 310 g/mol. The summed E-state index contributed by atoms with van der Waals surface area (Å²) in [5, 5.41) is 2.80. The third-order valence-corrected chi connectivity index (χ3v) is 3.65. The Balaban J connectivity index is 2.86. The van der Waals surface area contributed by atoms with Gasteiger partial charge in [-0.15, -0.1) is 0 Å². The van der Waals surface area contributed by atoms with Gasteiger partial charge in [0, 0.05) is 14.1 Å². The minimum absolute atomic E-state index is 0.104. The van der Waals surface area contributed by atoms with Crippen molar-refractivity contribution in [1.29, 1.82) is 0 Å². The number of ether oxygens (including phenoxy) is 1. The van der Waals surface area contributed by atoms with Gasteiger partial charge >= 0.3 is 0 Å². The summed E-state index contributed by atoms with van der Waals surface area (Å²) in [7, 11) is 4.88. The molecule has 0 fully saturated rings. The number of likely N-dealkylation sites (N-methyl/N-ethyl adjacent to an activating group) is 1. The van der Waals surface area contributed by atoms with Crippen molar-refractivity contribution in [3.63, 3.8) is 0 Å². The molecule has 1 N–H and O–H groups in total. The number of rotatable bonds is 7. The van der Waals surface area contributed by atoms with Crippen molar-refractivity contribution in [3.8, 4) is 5.75 Å². The predicted molar refractivity (Wildman–Crippen MR) is 85.9 cm³/mol. The standard InChI is InChI=1S/C15H22N2O3S/c1-17(2)15(19)12(9-10-21-4)16-14(18)11-7-5-6-8-13(11)20-3/h5-8,12H,9-10H2,1-4H3,(H,16,18). The highest BCUT2D eigenvalue weighted by atomic mass is 32.2. The number of carbonyl (C=O) groups is 2. The maximum absolute atomic E-state index is 12.4. The van der Waals surface area contributed by atoms with E-state index in [0.29, 0.717) is 17.7 Å². The van der Waals surface area contributed by atoms with Gasteiger partial charge in [-0.1, -0.05) is 12.1 Å². The van der Waals surface area contributed by atoms with Crippen LogP contribution in [0.25, 0.3) is 0 Å². The molecule has 0 aliphatic heterocycles. The van der Waals surface area contributed by atoms with Crippen LogP contribution in [0.2, 0.25) is 0 Å². The summed E-state index contributed by atoms with van der Waals surface area (Å²) in [5.74, 6) is 0.896. The lowest BCUT2D eigenvalue weighted by Crippen LogP contribution is -2.46. The molecule has 0 radical (unpaired) electrons. The number of thioether (sulfide) groups is 1. The Kier molecular flexibility index (Phi) is 7.08. The zero-order chi connectivity index (χ0) is 15.8. The number of methoxy groups -OCH3 is 1. The fourth-order valence-corrected chi connectivity index (χ4v) is 2.34. The van der Waals surface area contributed by atoms with E-state index in [2.05, 4.69) is 5.32 Å². The Bertz CT molecular complexity index is 492. The summed E-state index contributed by atoms with van der Waals surface area (Å²) >= 11 is 1.64. The van der Waals surface area contributed by atoms with Gasteiger partial charge in [0.15, 0.2) is 0 Å². The summed E-state index contributed by atoms with van der Waals surface area (Å²) in [6.07, 6.45) is 2.57. The predicted octanol–water partition coefficient (Wildman–Crippen LogP) is 1.63. The first-order chi connectivity index (χ1) is 10.0. The first-order valence-corrected chi connectivity index (χ1v) is 8.04. The number of nitrogens with zero attached hydrogens (tertiary/aromatic N) is 1. The lowest BCUT2D eigenvalue weighted by molar-refractivity contribution is -0.130. The molecule has 5 nitrogen and oxygen atoms in total. The molecule has 0 bridgehead atoms. The molecule has 1 aromatic carbocycles. The second kappa shape index (κ2) is 8.56. The smallest absolute Gasteiger partial charge is 0.255 e. The van der Waals surface area contributed by atoms with Crippen molar-refractivity contribution in [3.05, 3.63) is 29.8 Å². The molecule has 1 unspecified atom stereocenters. The van der Waals surface area contributed by atoms with E-state index in [0.717, 1.165) is 5.75 Å². The number of benzene rings is 1. The van der Waals surface area contributed by atoms with E-state index < -0.39 is 6.04 Å². The summed E-state index contributed by atoms with van der Waals surface area (Å²) in [6, 6.07) is 6.44. The van der Waals surface area contributed by atoms with Gasteiger partial charge in [-0.25, -0.2) is 0 Å². The molecular weight excluding hydrogens is 288 g/mol. The van der Waals surface area contributed by atoms with Crippen molar-refractivity contribution in [2.75, 3.05) is 33.2 Å². The van der Waals surface area contributed by atoms with Crippen LogP contribution in [0, 0.1) is 0 Å². The Hall–Kier alpha value is -1.69. The van der Waals surface area contributed by atoms with Crippen molar-refractivity contribution >= 4 is 23.6 Å². The molecule has 21 heavy (non-hydrogen) atoms. The summed E-state index contributed by atoms with van der Waals surface area (Å²) in [5.41, 5.74) is 0.431. The number of amides is 2. The average molecular weight is 310 g/mol. The van der Waals surface area contributed by atoms with E-state index in [9.17, 15) is 9.59 Å². The van der Waals surface area contributed by atoms with E-state index in [-0.39, 0.29) is 11.8 Å². The van der Waals surface area contributed by atoms with Crippen molar-refractivity contribution < 1.29 is 14.3 Å². The van der Waals surface area contributed by atoms with Crippen LogP contribution in [-0.2, 0) is 4.79 Å². The molecular formula is C15H22N2O3S. The first-order valence-electron chi connectivity index (χ1n) is 6.65. The highest BCUT2D eigenvalue weighted by Crippen LogP contribution is 2.17. The van der Waals surface area contributed by atoms with Crippen LogP contribution < -0.4 is 10.1 Å². The summed E-state index contributed by atoms with van der Waals surface area (Å²) in [4.78, 5) is 26.0. The maximum atomic E-state index is 12.4. The van der Waals surface area contributed by atoms with Crippen molar-refractivity contribution in [2.24, 2.45) is 0 Å². The second-order valence-corrected chi connectivity index (χ2v) is 5.73. The van der Waals surface area contributed by atoms with E-state index in [1.165, 1.54) is 12.0 Å². The van der Waals surface area contributed by atoms with Gasteiger partial charge in [-0.05, 0) is 30.6 Å². The first kappa shape index (κ1) is 17.4. The molecule has 0 aliphatic rings. The number of hydrogen-bond donors (Lipinski definition) is 1. The van der Waals surface area contributed by atoms with E-state index in [1.54, 1.807) is 50.1 Å². The van der Waals surface area contributed by atoms with Gasteiger partial charge in [0.25, 0.3) is 5.91 Å². The maximum Gasteiger partial charge on any atom is 0.255 e. The highest BCUT2D eigenvalue weighted by Gasteiger charge is 2.23. The Morgan fingerprint density at radius 2 is 2.00 bits per heavy atom. The van der Waals surface area contributed by atoms with E-state index in [1.807, 2.05) is 6.26 Å². The average Bonchev–Trinajstić information content (AvgIpc) is 2.50. The molecule has 6 heteroatoms. The number of nitrogens with one attached hydrogen (secondary N) is 1. The van der Waals surface area contributed by atoms with Gasteiger partial charge in [0.2, 0.25) is 5.91 Å². The normalized spacial score (nSPS) is 11.6. The van der Waals surface area contributed by atoms with Crippen LogP contribution in [0.1, 0.15) is 16.8 Å². The van der Waals surface area contributed by atoms with Crippen molar-refractivity contribution in [1.82, 2.24) is 10.2 Å². The van der Waals surface area contributed by atoms with Gasteiger partial charge < -0.3 is 15.0 Å². The molecule has 1 atom stereocenters. The van der Waals surface area contributed by atoms with Crippen LogP contribution in [0.4, 0.5) is 0 Å². The van der Waals surface area contributed by atoms with Crippen LogP contribution >= 0.6 is 11.8 Å². The van der Waals surface area contributed by atoms with Gasteiger partial charge in [0.05, 0.1) is 12.7 Å².